The van der Waals surface area contributed by atoms with Crippen LogP contribution in [0.5, 0.6) is 0 Å². The molecular weight excluding hydrogens is 423 g/mol. The number of hydrogen-bond donors (Lipinski definition) is 0. The van der Waals surface area contributed by atoms with Crippen LogP contribution in [0.25, 0.3) is 6.08 Å². The topological polar surface area (TPSA) is 92.5 Å². The first kappa shape index (κ1) is 24.3. The number of halogens is 1. The van der Waals surface area contributed by atoms with Gasteiger partial charge in [0.05, 0.1) is 5.41 Å². The molecule has 162 valence electrons. The van der Waals surface area contributed by atoms with Gasteiger partial charge in [-0.2, -0.15) is 12.4 Å². The number of fused-ring (bicyclic) bond motifs is 1. The van der Waals surface area contributed by atoms with E-state index in [2.05, 4.69) is 98.1 Å². The molecule has 0 amide bonds. The van der Waals surface area contributed by atoms with Crippen molar-refractivity contribution in [2.45, 2.75) is 19.3 Å². The van der Waals surface area contributed by atoms with Crippen LogP contribution >= 0.6 is 19.4 Å². The summed E-state index contributed by atoms with van der Waals surface area (Å²) < 4.78 is 10.8. The van der Waals surface area contributed by atoms with Gasteiger partial charge in [0.25, 0.3) is 0 Å². The normalized spacial score (nSPS) is 15.1. The zero-order valence-corrected chi connectivity index (χ0v) is 19.2. The second kappa shape index (κ2) is 9.90. The predicted molar refractivity (Wildman–Crippen MR) is 117 cm³/mol. The summed E-state index contributed by atoms with van der Waals surface area (Å²) in [4.78, 5) is 27.8. The highest BCUT2D eigenvalue weighted by Crippen LogP contribution is 2.39. The fourth-order valence-corrected chi connectivity index (χ4v) is 3.83. The van der Waals surface area contributed by atoms with Crippen LogP contribution in [0.2, 0.25) is 0 Å². The molecule has 0 unspecified atom stereocenters. The lowest BCUT2D eigenvalue weighted by Gasteiger charge is -2.36. The number of alkyl halides is 1. The first-order valence-electron chi connectivity index (χ1n) is 9.44. The molecule has 0 saturated carbocycles. The van der Waals surface area contributed by atoms with Gasteiger partial charge in [0.1, 0.15) is 7.05 Å². The molecule has 0 aromatic heterocycles. The van der Waals surface area contributed by atoms with Crippen LogP contribution in [-0.4, -0.2) is 36.8 Å². The highest BCUT2D eigenvalue weighted by atomic mass is 35.5. The van der Waals surface area contributed by atoms with E-state index in [0.29, 0.717) is 5.88 Å². The van der Waals surface area contributed by atoms with E-state index < -0.39 is 7.82 Å². The lowest BCUT2D eigenvalue weighted by Crippen LogP contribution is -2.26. The lowest BCUT2D eigenvalue weighted by atomic mass is 9.81. The number of rotatable bonds is 5. The summed E-state index contributed by atoms with van der Waals surface area (Å²) in [5.41, 5.74) is 6.41. The van der Waals surface area contributed by atoms with Gasteiger partial charge in [0, 0.05) is 42.9 Å². The number of para-hydroxylation sites is 1. The summed E-state index contributed by atoms with van der Waals surface area (Å²) in [5.74, 6) is 0.637. The predicted octanol–water partition coefficient (Wildman–Crippen LogP) is 2.26. The van der Waals surface area contributed by atoms with Gasteiger partial charge in [-0.05, 0) is 37.6 Å². The van der Waals surface area contributed by atoms with E-state index in [1.54, 1.807) is 0 Å². The molecule has 0 saturated heterocycles. The summed E-state index contributed by atoms with van der Waals surface area (Å²) in [6.45, 7) is 5.43. The van der Waals surface area contributed by atoms with Crippen molar-refractivity contribution in [2.24, 2.45) is 0 Å². The molecule has 6 nitrogen and oxygen atoms in total. The number of hydrogen-bond acceptors (Lipinski definition) is 5. The molecule has 0 N–H and O–H groups in total. The smallest absolute Gasteiger partial charge is 0.209 e. The van der Waals surface area contributed by atoms with Crippen LogP contribution in [0.15, 0.2) is 54.6 Å². The van der Waals surface area contributed by atoms with Gasteiger partial charge in [-0.3, -0.25) is 0 Å². The molecule has 2 aromatic carbocycles. The number of benzene rings is 2. The summed E-state index contributed by atoms with van der Waals surface area (Å²) in [7, 11) is -1.17. The fourth-order valence-electron chi connectivity index (χ4n) is 3.57. The molecule has 0 spiro atoms. The number of phosphoric acid groups is 1. The molecule has 0 bridgehead atoms. The summed E-state index contributed by atoms with van der Waals surface area (Å²) in [6.07, 6.45) is 4.45. The van der Waals surface area contributed by atoms with Gasteiger partial charge in [0.15, 0.2) is 5.71 Å². The molecule has 1 aliphatic rings. The van der Waals surface area contributed by atoms with Crippen LogP contribution in [0.3, 0.4) is 0 Å². The van der Waals surface area contributed by atoms with E-state index in [0.717, 1.165) is 6.54 Å². The molecular formula is C22H26ClN2O4P-2. The Morgan fingerprint density at radius 3 is 2.17 bits per heavy atom. The first-order valence-corrected chi connectivity index (χ1v) is 11.4. The Morgan fingerprint density at radius 1 is 1.07 bits per heavy atom. The monoisotopic (exact) mass is 448 g/mol. The van der Waals surface area contributed by atoms with Gasteiger partial charge in [-0.15, -0.1) is 11.6 Å². The standard InChI is InChI=1S/C22H26ClN2.H3O4P/c1-22(2)19-7-5-6-8-20(19)25(4)21(22)14-11-17-9-12-18(13-10-17)24(3)16-15-23;1-5(2,3)4/h5-14H,15-16H2,1-4H3;(H3,1,2,3,4)/q+1;/p-3. The molecule has 2 aromatic rings. The fraction of sp³-hybridized carbons (Fsp3) is 0.318. The maximum absolute atomic E-state index is 8.55. The second-order valence-corrected chi connectivity index (χ2v) is 8.84. The molecule has 0 aliphatic carbocycles. The van der Waals surface area contributed by atoms with Crippen LogP contribution in [0.1, 0.15) is 25.0 Å². The zero-order chi connectivity index (χ0) is 22.5. The van der Waals surface area contributed by atoms with Gasteiger partial charge in [0.2, 0.25) is 5.69 Å². The highest BCUT2D eigenvalue weighted by molar-refractivity contribution is 7.40. The molecule has 0 radical (unpaired) electrons. The van der Waals surface area contributed by atoms with E-state index in [1.807, 2.05) is 0 Å². The molecule has 3 rings (SSSR count). The van der Waals surface area contributed by atoms with Crippen LogP contribution in [0, 0.1) is 0 Å². The minimum atomic E-state index is -5.39. The van der Waals surface area contributed by atoms with Gasteiger partial charge < -0.3 is 24.1 Å². The largest absolute Gasteiger partial charge is 0.822 e. The summed E-state index contributed by atoms with van der Waals surface area (Å²) in [6, 6.07) is 17.3. The first-order chi connectivity index (χ1) is 13.9. The highest BCUT2D eigenvalue weighted by Gasteiger charge is 2.42. The van der Waals surface area contributed by atoms with Crippen molar-refractivity contribution in [3.05, 3.63) is 65.7 Å². The van der Waals surface area contributed by atoms with E-state index in [9.17, 15) is 0 Å². The van der Waals surface area contributed by atoms with E-state index in [1.165, 1.54) is 28.2 Å². The second-order valence-electron chi connectivity index (χ2n) is 7.57. The van der Waals surface area contributed by atoms with Crippen molar-refractivity contribution in [1.29, 1.82) is 0 Å². The van der Waals surface area contributed by atoms with Crippen molar-refractivity contribution in [1.82, 2.24) is 0 Å². The Balaban J connectivity index is 0.000000575. The third kappa shape index (κ3) is 6.27. The number of anilines is 1. The zero-order valence-electron chi connectivity index (χ0n) is 17.5. The summed E-state index contributed by atoms with van der Waals surface area (Å²) in [5, 5.41) is 0. The molecule has 1 heterocycles. The summed E-state index contributed by atoms with van der Waals surface area (Å²) >= 11 is 5.82. The molecule has 8 heteroatoms. The minimum absolute atomic E-state index is 0.0162. The van der Waals surface area contributed by atoms with Crippen molar-refractivity contribution in [2.75, 3.05) is 31.4 Å². The Morgan fingerprint density at radius 2 is 1.63 bits per heavy atom. The van der Waals surface area contributed by atoms with E-state index >= 15 is 0 Å². The van der Waals surface area contributed by atoms with Crippen molar-refractivity contribution in [3.63, 3.8) is 0 Å². The van der Waals surface area contributed by atoms with Crippen LogP contribution < -0.4 is 19.6 Å². The van der Waals surface area contributed by atoms with Crippen LogP contribution in [-0.2, 0) is 9.98 Å². The third-order valence-electron chi connectivity index (χ3n) is 5.13. The van der Waals surface area contributed by atoms with Gasteiger partial charge in [-0.1, -0.05) is 30.3 Å². The van der Waals surface area contributed by atoms with Crippen molar-refractivity contribution >= 4 is 42.6 Å². The number of allylic oxidation sites excluding steroid dienone is 1. The van der Waals surface area contributed by atoms with Gasteiger partial charge in [-0.25, -0.2) is 0 Å². The Kier molecular flexibility index (Phi) is 8.03. The van der Waals surface area contributed by atoms with E-state index in [-0.39, 0.29) is 5.41 Å². The third-order valence-corrected chi connectivity index (χ3v) is 5.30. The average molecular weight is 449 g/mol. The Hall–Kier alpha value is -1.95. The molecule has 0 atom stereocenters. The average Bonchev–Trinajstić information content (AvgIpc) is 2.86. The molecule has 30 heavy (non-hydrogen) atoms. The SMILES string of the molecule is CN(CCCl)c1ccc(/C=C/C2=[N+](C)c3ccccc3C2(C)C)cc1.O=P([O-])([O-])[O-]. The molecule has 1 aliphatic heterocycles. The van der Waals surface area contributed by atoms with Crippen molar-refractivity contribution < 1.29 is 23.8 Å². The van der Waals surface area contributed by atoms with Gasteiger partial charge >= 0.3 is 0 Å². The minimum Gasteiger partial charge on any atom is -0.822 e. The van der Waals surface area contributed by atoms with Crippen LogP contribution in [0.4, 0.5) is 11.4 Å². The quantitative estimate of drug-likeness (QED) is 0.397. The number of nitrogens with zero attached hydrogens (tertiary/aromatic N) is 2. The maximum atomic E-state index is 8.55. The Labute approximate surface area is 183 Å². The van der Waals surface area contributed by atoms with Crippen molar-refractivity contribution in [3.8, 4) is 0 Å². The maximum Gasteiger partial charge on any atom is 0.209 e. The van der Waals surface area contributed by atoms with E-state index in [4.69, 9.17) is 30.8 Å². The molecule has 0 fully saturated rings. The Bertz CT molecular complexity index is 973. The lowest BCUT2D eigenvalue weighted by molar-refractivity contribution is -0.432.